The average molecular weight is 456 g/mol. The number of pyridine rings is 1. The van der Waals surface area contributed by atoms with Crippen LogP contribution in [0.2, 0.25) is 10.0 Å². The number of aromatic nitrogens is 1. The minimum Gasteiger partial charge on any atom is -0.472 e. The number of hydrogen-bond donors (Lipinski definition) is 2. The standard InChI is InChI=1S/C18H20Cl2N2O3.2ClH/c1-10-13(3-5-16(22-10)25-12-6-7-24-9-12)18(23)17(21)11-2-4-14(19)15(20)8-11;;/h2-5,8,12,17-18,23H,6-7,9,21H2,1H3;2*1H/t12?,17-,18+;;/m1../s1. The van der Waals surface area contributed by atoms with Crippen molar-refractivity contribution in [2.45, 2.75) is 31.6 Å². The maximum Gasteiger partial charge on any atom is 0.213 e. The van der Waals surface area contributed by atoms with Crippen molar-refractivity contribution in [1.82, 2.24) is 4.98 Å². The lowest BCUT2D eigenvalue weighted by molar-refractivity contribution is 0.136. The van der Waals surface area contributed by atoms with E-state index in [0.29, 0.717) is 46.0 Å². The molecule has 1 saturated heterocycles. The Morgan fingerprint density at radius 2 is 1.96 bits per heavy atom. The van der Waals surface area contributed by atoms with Crippen molar-refractivity contribution in [2.75, 3.05) is 13.2 Å². The number of nitrogens with two attached hydrogens (primary N) is 1. The van der Waals surface area contributed by atoms with Crippen LogP contribution in [0.5, 0.6) is 5.88 Å². The lowest BCUT2D eigenvalue weighted by Gasteiger charge is -2.22. The van der Waals surface area contributed by atoms with Crippen LogP contribution in [0.1, 0.15) is 35.4 Å². The highest BCUT2D eigenvalue weighted by Gasteiger charge is 2.23. The Kier molecular flexibility index (Phi) is 9.58. The van der Waals surface area contributed by atoms with Crippen molar-refractivity contribution in [2.24, 2.45) is 5.73 Å². The molecule has 1 aliphatic heterocycles. The third-order valence-electron chi connectivity index (χ3n) is 4.26. The van der Waals surface area contributed by atoms with Gasteiger partial charge in [-0.25, -0.2) is 4.98 Å². The summed E-state index contributed by atoms with van der Waals surface area (Å²) in [6.07, 6.45) is -0.0393. The molecule has 0 aliphatic carbocycles. The highest BCUT2D eigenvalue weighted by atomic mass is 35.5. The fraction of sp³-hybridized carbons (Fsp3) is 0.389. The maximum atomic E-state index is 10.7. The van der Waals surface area contributed by atoms with Crippen LogP contribution in [-0.4, -0.2) is 29.4 Å². The molecule has 3 atom stereocenters. The van der Waals surface area contributed by atoms with Gasteiger partial charge in [0.2, 0.25) is 5.88 Å². The first-order valence-electron chi connectivity index (χ1n) is 8.06. The normalized spacial score (nSPS) is 18.2. The minimum absolute atomic E-state index is 0. The van der Waals surface area contributed by atoms with Crippen molar-refractivity contribution < 1.29 is 14.6 Å². The molecule has 3 rings (SSSR count). The second-order valence-corrected chi connectivity index (χ2v) is 6.89. The van der Waals surface area contributed by atoms with Crippen molar-refractivity contribution in [3.63, 3.8) is 0 Å². The molecule has 0 spiro atoms. The van der Waals surface area contributed by atoms with Gasteiger partial charge in [-0.3, -0.25) is 0 Å². The minimum atomic E-state index is -0.923. The predicted molar refractivity (Wildman–Crippen MR) is 112 cm³/mol. The lowest BCUT2D eigenvalue weighted by atomic mass is 9.96. The molecule has 3 N–H and O–H groups in total. The second kappa shape index (κ2) is 10.7. The molecule has 1 fully saturated rings. The maximum absolute atomic E-state index is 10.7. The molecule has 0 saturated carbocycles. The number of benzene rings is 1. The zero-order valence-corrected chi connectivity index (χ0v) is 17.7. The summed E-state index contributed by atoms with van der Waals surface area (Å²) in [5.74, 6) is 0.520. The SMILES string of the molecule is Cc1nc(OC2CCOC2)ccc1[C@H](O)[C@H](N)c1ccc(Cl)c(Cl)c1.Cl.Cl. The van der Waals surface area contributed by atoms with E-state index in [2.05, 4.69) is 4.98 Å². The summed E-state index contributed by atoms with van der Waals surface area (Å²) in [6.45, 7) is 3.10. The van der Waals surface area contributed by atoms with Crippen molar-refractivity contribution >= 4 is 48.0 Å². The van der Waals surface area contributed by atoms with Crippen molar-refractivity contribution in [3.8, 4) is 5.88 Å². The smallest absolute Gasteiger partial charge is 0.213 e. The molecule has 2 aromatic rings. The Balaban J connectivity index is 0.00000182. The van der Waals surface area contributed by atoms with Gasteiger partial charge in [-0.05, 0) is 30.7 Å². The van der Waals surface area contributed by atoms with Crippen molar-refractivity contribution in [3.05, 3.63) is 57.2 Å². The van der Waals surface area contributed by atoms with Crippen molar-refractivity contribution in [1.29, 1.82) is 0 Å². The summed E-state index contributed by atoms with van der Waals surface area (Å²) in [7, 11) is 0. The molecule has 0 bridgehead atoms. The summed E-state index contributed by atoms with van der Waals surface area (Å²) < 4.78 is 11.1. The molecule has 150 valence electrons. The first-order chi connectivity index (χ1) is 12.0. The first-order valence-corrected chi connectivity index (χ1v) is 8.82. The number of nitrogens with zero attached hydrogens (tertiary/aromatic N) is 1. The second-order valence-electron chi connectivity index (χ2n) is 6.07. The van der Waals surface area contributed by atoms with E-state index in [9.17, 15) is 5.11 Å². The van der Waals surface area contributed by atoms with Crippen LogP contribution in [0.15, 0.2) is 30.3 Å². The molecule has 1 aromatic carbocycles. The van der Waals surface area contributed by atoms with E-state index in [-0.39, 0.29) is 30.9 Å². The van der Waals surface area contributed by atoms with Crippen LogP contribution in [0.3, 0.4) is 0 Å². The van der Waals surface area contributed by atoms with Crippen LogP contribution < -0.4 is 10.5 Å². The molecule has 2 heterocycles. The lowest BCUT2D eigenvalue weighted by Crippen LogP contribution is -2.21. The Labute approximate surface area is 181 Å². The number of aliphatic hydroxyl groups excluding tert-OH is 1. The number of rotatable bonds is 5. The topological polar surface area (TPSA) is 77.6 Å². The number of ether oxygens (including phenoxy) is 2. The zero-order chi connectivity index (χ0) is 18.0. The van der Waals surface area contributed by atoms with Gasteiger partial charge in [0.25, 0.3) is 0 Å². The van der Waals surface area contributed by atoms with Gasteiger partial charge in [0, 0.05) is 23.7 Å². The van der Waals surface area contributed by atoms with Gasteiger partial charge in [-0.2, -0.15) is 0 Å². The molecular weight excluding hydrogens is 434 g/mol. The van der Waals surface area contributed by atoms with Gasteiger partial charge in [0.15, 0.2) is 0 Å². The van der Waals surface area contributed by atoms with Crippen LogP contribution in [0.4, 0.5) is 0 Å². The highest BCUT2D eigenvalue weighted by Crippen LogP contribution is 2.32. The Bertz CT molecular complexity index is 757. The zero-order valence-electron chi connectivity index (χ0n) is 14.6. The third kappa shape index (κ3) is 5.84. The Morgan fingerprint density at radius 3 is 2.56 bits per heavy atom. The fourth-order valence-electron chi connectivity index (χ4n) is 2.80. The van der Waals surface area contributed by atoms with Gasteiger partial charge in [-0.1, -0.05) is 29.3 Å². The Morgan fingerprint density at radius 1 is 1.22 bits per heavy atom. The predicted octanol–water partition coefficient (Wildman–Crippen LogP) is 4.44. The summed E-state index contributed by atoms with van der Waals surface area (Å²) in [6, 6.07) is 7.96. The molecule has 1 aliphatic rings. The van der Waals surface area contributed by atoms with Crippen LogP contribution in [0.25, 0.3) is 0 Å². The van der Waals surface area contributed by atoms with Crippen LogP contribution >= 0.6 is 48.0 Å². The molecule has 5 nitrogen and oxygen atoms in total. The van der Waals surface area contributed by atoms with Gasteiger partial charge in [0.1, 0.15) is 6.10 Å². The largest absolute Gasteiger partial charge is 0.472 e. The average Bonchev–Trinajstić information content (AvgIpc) is 3.09. The number of aliphatic hydroxyl groups is 1. The molecule has 0 amide bonds. The number of hydrogen-bond acceptors (Lipinski definition) is 5. The Hall–Kier alpha value is -0.790. The quantitative estimate of drug-likeness (QED) is 0.696. The molecule has 1 aromatic heterocycles. The van der Waals surface area contributed by atoms with Gasteiger partial charge in [-0.15, -0.1) is 24.8 Å². The van der Waals surface area contributed by atoms with Crippen LogP contribution in [0, 0.1) is 6.92 Å². The van der Waals surface area contributed by atoms with Gasteiger partial charge in [0.05, 0.1) is 35.4 Å². The highest BCUT2D eigenvalue weighted by molar-refractivity contribution is 6.42. The van der Waals surface area contributed by atoms with E-state index in [4.69, 9.17) is 38.4 Å². The monoisotopic (exact) mass is 454 g/mol. The van der Waals surface area contributed by atoms with E-state index < -0.39 is 12.1 Å². The summed E-state index contributed by atoms with van der Waals surface area (Å²) >= 11 is 12.0. The van der Waals surface area contributed by atoms with E-state index in [1.165, 1.54) is 0 Å². The number of aryl methyl sites for hydroxylation is 1. The molecule has 1 unspecified atom stereocenters. The van der Waals surface area contributed by atoms with Crippen LogP contribution in [-0.2, 0) is 4.74 Å². The van der Waals surface area contributed by atoms with Gasteiger partial charge >= 0.3 is 0 Å². The van der Waals surface area contributed by atoms with E-state index >= 15 is 0 Å². The van der Waals surface area contributed by atoms with E-state index in [1.54, 1.807) is 30.3 Å². The first kappa shape index (κ1) is 24.2. The van der Waals surface area contributed by atoms with E-state index in [0.717, 1.165) is 6.42 Å². The molecule has 0 radical (unpaired) electrons. The van der Waals surface area contributed by atoms with E-state index in [1.807, 2.05) is 6.92 Å². The summed E-state index contributed by atoms with van der Waals surface area (Å²) in [4.78, 5) is 4.42. The summed E-state index contributed by atoms with van der Waals surface area (Å²) in [5, 5.41) is 11.5. The fourth-order valence-corrected chi connectivity index (χ4v) is 3.11. The molecule has 9 heteroatoms. The molecular formula is C18H22Cl4N2O3. The number of halogens is 4. The third-order valence-corrected chi connectivity index (χ3v) is 5.00. The van der Waals surface area contributed by atoms with Gasteiger partial charge < -0.3 is 20.3 Å². The molecule has 27 heavy (non-hydrogen) atoms. The summed E-state index contributed by atoms with van der Waals surface area (Å²) in [5.41, 5.74) is 8.21.